The van der Waals surface area contributed by atoms with Gasteiger partial charge < -0.3 is 13.3 Å². The highest BCUT2D eigenvalue weighted by atomic mass is 28.4. The Morgan fingerprint density at radius 3 is 2.37 bits per heavy atom. The molecule has 0 aromatic carbocycles. The van der Waals surface area contributed by atoms with Crippen LogP contribution >= 0.6 is 0 Å². The summed E-state index contributed by atoms with van der Waals surface area (Å²) in [5.74, 6) is 0.585. The van der Waals surface area contributed by atoms with Crippen molar-refractivity contribution in [2.24, 2.45) is 0 Å². The van der Waals surface area contributed by atoms with E-state index < -0.39 is 8.80 Å². The van der Waals surface area contributed by atoms with E-state index in [4.69, 9.17) is 13.3 Å². The summed E-state index contributed by atoms with van der Waals surface area (Å²) in [5.41, 5.74) is 1.37. The van der Waals surface area contributed by atoms with Crippen molar-refractivity contribution in [1.29, 1.82) is 0 Å². The first-order chi connectivity index (χ1) is 9.10. The fourth-order valence-electron chi connectivity index (χ4n) is 2.03. The van der Waals surface area contributed by atoms with E-state index in [1.54, 1.807) is 21.3 Å². The Morgan fingerprint density at radius 1 is 1.21 bits per heavy atom. The fraction of sp³-hybridized carbons (Fsp3) is 0.643. The molecule has 5 heteroatoms. The van der Waals surface area contributed by atoms with Crippen LogP contribution in [0, 0.1) is 0 Å². The van der Waals surface area contributed by atoms with Crippen molar-refractivity contribution in [2.45, 2.75) is 38.8 Å². The molecule has 0 bridgehead atoms. The lowest BCUT2D eigenvalue weighted by Crippen LogP contribution is -2.47. The minimum absolute atomic E-state index is 0.585. The van der Waals surface area contributed by atoms with Crippen LogP contribution in [0.15, 0.2) is 24.5 Å². The molecule has 1 heterocycles. The summed E-state index contributed by atoms with van der Waals surface area (Å²) < 4.78 is 18.5. The van der Waals surface area contributed by atoms with Gasteiger partial charge >= 0.3 is 8.80 Å². The summed E-state index contributed by atoms with van der Waals surface area (Å²) in [7, 11) is 2.48. The molecule has 0 saturated carbocycles. The summed E-state index contributed by atoms with van der Waals surface area (Å²) in [6.07, 6.45) is 5.43. The van der Waals surface area contributed by atoms with Crippen LogP contribution < -0.4 is 4.57 Å². The average molecular weight is 284 g/mol. The molecule has 19 heavy (non-hydrogen) atoms. The summed E-state index contributed by atoms with van der Waals surface area (Å²) in [5, 5.41) is 0. The predicted octanol–water partition coefficient (Wildman–Crippen LogP) is 2.37. The molecule has 1 aromatic rings. The van der Waals surface area contributed by atoms with Gasteiger partial charge in [-0.05, 0) is 18.4 Å². The van der Waals surface area contributed by atoms with Gasteiger partial charge in [0.2, 0.25) is 0 Å². The highest BCUT2D eigenvalue weighted by Gasteiger charge is 2.39. The Balaban J connectivity index is 2.72. The molecular formula is C14H26NO3Si+. The van der Waals surface area contributed by atoms with Gasteiger partial charge in [0, 0.05) is 33.0 Å². The third-order valence-corrected chi connectivity index (χ3v) is 6.37. The van der Waals surface area contributed by atoms with Gasteiger partial charge in [0.15, 0.2) is 18.9 Å². The zero-order valence-electron chi connectivity index (χ0n) is 12.7. The minimum atomic E-state index is -2.47. The van der Waals surface area contributed by atoms with Crippen LogP contribution in [-0.4, -0.2) is 30.1 Å². The van der Waals surface area contributed by atoms with E-state index >= 15 is 0 Å². The maximum Gasteiger partial charge on any atom is 0.506 e. The highest BCUT2D eigenvalue weighted by molar-refractivity contribution is 6.60. The molecule has 0 N–H and O–H groups in total. The van der Waals surface area contributed by atoms with Crippen LogP contribution in [0.1, 0.15) is 31.7 Å². The number of hydrogen-bond acceptors (Lipinski definition) is 3. The molecule has 0 aliphatic rings. The molecule has 4 nitrogen and oxygen atoms in total. The molecule has 0 radical (unpaired) electrons. The van der Waals surface area contributed by atoms with E-state index in [1.165, 1.54) is 5.56 Å². The number of pyridine rings is 1. The Hall–Kier alpha value is -0.753. The number of rotatable bonds is 8. The normalized spacial score (nSPS) is 13.5. The van der Waals surface area contributed by atoms with E-state index in [-0.39, 0.29) is 0 Å². The molecule has 108 valence electrons. The molecule has 0 fully saturated rings. The molecule has 0 saturated heterocycles. The summed E-state index contributed by atoms with van der Waals surface area (Å²) in [6, 6.07) is 5.04. The maximum atomic E-state index is 5.44. The van der Waals surface area contributed by atoms with Crippen molar-refractivity contribution >= 4 is 8.80 Å². The number of aryl methyl sites for hydroxylation is 1. The quantitative estimate of drug-likeness (QED) is 0.542. The third-order valence-electron chi connectivity index (χ3n) is 3.67. The molecule has 1 aromatic heterocycles. The topological polar surface area (TPSA) is 31.6 Å². The van der Waals surface area contributed by atoms with Gasteiger partial charge in [-0.3, -0.25) is 0 Å². The van der Waals surface area contributed by atoms with E-state index in [9.17, 15) is 0 Å². The average Bonchev–Trinajstić information content (AvgIpc) is 2.48. The van der Waals surface area contributed by atoms with Crippen molar-refractivity contribution in [3.63, 3.8) is 0 Å². The first-order valence-corrected chi connectivity index (χ1v) is 8.68. The largest absolute Gasteiger partial charge is 0.506 e. The van der Waals surface area contributed by atoms with Crippen LogP contribution in [-0.2, 0) is 19.8 Å². The van der Waals surface area contributed by atoms with E-state index in [0.29, 0.717) is 5.92 Å². The standard InChI is InChI=1S/C14H26NO3Si/c1-6-13(2)14-8-7-9-15(12-14)10-11-19(16-3,17-4)18-5/h7-9,12-13H,6,10-11H2,1-5H3/q+1. The number of aromatic nitrogens is 1. The second kappa shape index (κ2) is 7.74. The zero-order valence-corrected chi connectivity index (χ0v) is 13.7. The Labute approximate surface area is 117 Å². The molecule has 1 unspecified atom stereocenters. The first-order valence-electron chi connectivity index (χ1n) is 6.75. The van der Waals surface area contributed by atoms with E-state index in [1.807, 2.05) is 0 Å². The van der Waals surface area contributed by atoms with E-state index in [0.717, 1.165) is 19.0 Å². The maximum absolute atomic E-state index is 5.44. The Kier molecular flexibility index (Phi) is 6.64. The monoisotopic (exact) mass is 284 g/mol. The van der Waals surface area contributed by atoms with Crippen molar-refractivity contribution in [3.8, 4) is 0 Å². The second-order valence-electron chi connectivity index (χ2n) is 4.73. The first kappa shape index (κ1) is 16.3. The summed E-state index contributed by atoms with van der Waals surface area (Å²) in [6.45, 7) is 5.30. The van der Waals surface area contributed by atoms with Gasteiger partial charge in [-0.25, -0.2) is 4.57 Å². The SMILES string of the molecule is CCC(C)c1ccc[n+](CC[Si](OC)(OC)OC)c1. The smallest absolute Gasteiger partial charge is 0.377 e. The van der Waals surface area contributed by atoms with Crippen molar-refractivity contribution < 1.29 is 17.8 Å². The van der Waals surface area contributed by atoms with Crippen LogP contribution in [0.25, 0.3) is 0 Å². The lowest BCUT2D eigenvalue weighted by Gasteiger charge is -2.22. The van der Waals surface area contributed by atoms with Crippen LogP contribution in [0.4, 0.5) is 0 Å². The van der Waals surface area contributed by atoms with Gasteiger partial charge in [-0.1, -0.05) is 13.8 Å². The molecule has 1 rings (SSSR count). The summed E-state index contributed by atoms with van der Waals surface area (Å²) in [4.78, 5) is 0. The fourth-order valence-corrected chi connectivity index (χ4v) is 3.68. The second-order valence-corrected chi connectivity index (χ2v) is 7.82. The number of nitrogens with zero attached hydrogens (tertiary/aromatic N) is 1. The molecule has 0 spiro atoms. The van der Waals surface area contributed by atoms with Crippen molar-refractivity contribution in [3.05, 3.63) is 30.1 Å². The molecule has 0 amide bonds. The lowest BCUT2D eigenvalue weighted by molar-refractivity contribution is -0.694. The van der Waals surface area contributed by atoms with Gasteiger partial charge in [0.05, 0.1) is 6.04 Å². The molecular weight excluding hydrogens is 258 g/mol. The zero-order chi connectivity index (χ0) is 14.3. The minimum Gasteiger partial charge on any atom is -0.377 e. The lowest BCUT2D eigenvalue weighted by atomic mass is 10.0. The highest BCUT2D eigenvalue weighted by Crippen LogP contribution is 2.16. The van der Waals surface area contributed by atoms with Gasteiger partial charge in [-0.2, -0.15) is 0 Å². The van der Waals surface area contributed by atoms with Crippen LogP contribution in [0.2, 0.25) is 6.04 Å². The Bertz CT molecular complexity index is 374. The van der Waals surface area contributed by atoms with Gasteiger partial charge in [0.1, 0.15) is 0 Å². The Morgan fingerprint density at radius 2 is 1.84 bits per heavy atom. The third kappa shape index (κ3) is 4.38. The van der Waals surface area contributed by atoms with E-state index in [2.05, 4.69) is 42.9 Å². The summed E-state index contributed by atoms with van der Waals surface area (Å²) >= 11 is 0. The predicted molar refractivity (Wildman–Crippen MR) is 76.9 cm³/mol. The van der Waals surface area contributed by atoms with Crippen molar-refractivity contribution in [2.75, 3.05) is 21.3 Å². The molecule has 0 aliphatic heterocycles. The molecule has 1 atom stereocenters. The number of hydrogen-bond donors (Lipinski definition) is 0. The van der Waals surface area contributed by atoms with Crippen molar-refractivity contribution in [1.82, 2.24) is 0 Å². The molecule has 0 aliphatic carbocycles. The van der Waals surface area contributed by atoms with Crippen LogP contribution in [0.3, 0.4) is 0 Å². The van der Waals surface area contributed by atoms with Gasteiger partial charge in [-0.15, -0.1) is 0 Å². The van der Waals surface area contributed by atoms with Gasteiger partial charge in [0.25, 0.3) is 0 Å². The van der Waals surface area contributed by atoms with Crippen LogP contribution in [0.5, 0.6) is 0 Å².